The smallest absolute Gasteiger partial charge is 0.0792 e. The molecule has 0 bridgehead atoms. The van der Waals surface area contributed by atoms with Gasteiger partial charge in [0.2, 0.25) is 0 Å². The zero-order valence-electron chi connectivity index (χ0n) is 30.6. The number of fused-ring (bicyclic) bond motifs is 1. The van der Waals surface area contributed by atoms with Gasteiger partial charge < -0.3 is 9.97 Å². The topological polar surface area (TPSA) is 38.7 Å². The van der Waals surface area contributed by atoms with Gasteiger partial charge in [-0.25, -0.2) is 0 Å². The number of rotatable bonds is 6. The average Bonchev–Trinajstić information content (AvgIpc) is 3.25. The molecule has 0 aliphatic heterocycles. The monoisotopic (exact) mass is 884 g/mol. The van der Waals surface area contributed by atoms with Crippen LogP contribution in [0.15, 0.2) is 188 Å². The van der Waals surface area contributed by atoms with Crippen LogP contribution >= 0.6 is 0 Å². The second-order valence-electron chi connectivity index (χ2n) is 13.2. The molecule has 6 aromatic carbocycles. The van der Waals surface area contributed by atoms with E-state index in [4.69, 9.17) is 4.98 Å². The summed E-state index contributed by atoms with van der Waals surface area (Å²) >= 11 is 0. The molecule has 0 atom stereocenters. The number of pyridine rings is 3. The second kappa shape index (κ2) is 17.2. The van der Waals surface area contributed by atoms with Crippen LogP contribution in [0.2, 0.25) is 0 Å². The third-order valence-electron chi connectivity index (χ3n) is 9.48. The maximum absolute atomic E-state index is 5.05. The van der Waals surface area contributed by atoms with Crippen molar-refractivity contribution in [3.05, 3.63) is 212 Å². The standard InChI is InChI=1S/C39H27N2.C12H10N.Ir/c1-27-18-19-34(36(25-27)29-13-6-3-7-14-29)35-21-20-32(30-15-10-16-31(26-30)37-17-8-9-23-40-37)38-33(22-24-41-39(35)38)28-11-4-2-5-12-28;1-10-7-8-13-12(9-10)11-5-3-2-4-6-11;/h2-15,17-26H,1H3;2-5,7-9H,1H3;/q2*-1;. The van der Waals surface area contributed by atoms with Gasteiger partial charge in [0.25, 0.3) is 0 Å². The Morgan fingerprint density at radius 3 is 1.75 bits per heavy atom. The van der Waals surface area contributed by atoms with E-state index in [2.05, 4.69) is 151 Å². The minimum atomic E-state index is 0. The first-order valence-electron chi connectivity index (χ1n) is 18.1. The van der Waals surface area contributed by atoms with Crippen molar-refractivity contribution in [2.75, 3.05) is 0 Å². The van der Waals surface area contributed by atoms with Crippen molar-refractivity contribution in [2.24, 2.45) is 0 Å². The molecular weight excluding hydrogens is 847 g/mol. The molecule has 0 spiro atoms. The van der Waals surface area contributed by atoms with E-state index >= 15 is 0 Å². The normalized spacial score (nSPS) is 10.6. The number of nitrogens with zero attached hydrogens (tertiary/aromatic N) is 3. The molecule has 0 aliphatic rings. The Balaban J connectivity index is 0.000000281. The largest absolute Gasteiger partial charge is 0.305 e. The summed E-state index contributed by atoms with van der Waals surface area (Å²) < 4.78 is 0. The molecule has 55 heavy (non-hydrogen) atoms. The molecule has 9 aromatic rings. The van der Waals surface area contributed by atoms with Crippen LogP contribution in [0.5, 0.6) is 0 Å². The predicted octanol–water partition coefficient (Wildman–Crippen LogP) is 12.9. The van der Waals surface area contributed by atoms with Gasteiger partial charge in [-0.2, -0.15) is 0 Å². The summed E-state index contributed by atoms with van der Waals surface area (Å²) in [5, 5.41) is 1.13. The third-order valence-corrected chi connectivity index (χ3v) is 9.48. The first-order chi connectivity index (χ1) is 26.6. The molecule has 0 amide bonds. The molecule has 267 valence electrons. The van der Waals surface area contributed by atoms with Crippen LogP contribution in [0.3, 0.4) is 0 Å². The summed E-state index contributed by atoms with van der Waals surface area (Å²) in [6.07, 6.45) is 5.58. The van der Waals surface area contributed by atoms with Crippen molar-refractivity contribution < 1.29 is 20.1 Å². The molecular formula is C51H37IrN3-2. The van der Waals surface area contributed by atoms with Gasteiger partial charge in [0.05, 0.1) is 5.52 Å². The number of aryl methyl sites for hydroxylation is 2. The van der Waals surface area contributed by atoms with Gasteiger partial charge in [-0.1, -0.05) is 120 Å². The summed E-state index contributed by atoms with van der Waals surface area (Å²) in [5.41, 5.74) is 16.6. The fraction of sp³-hybridized carbons (Fsp3) is 0.0392. The molecule has 0 N–H and O–H groups in total. The fourth-order valence-corrected chi connectivity index (χ4v) is 6.87. The van der Waals surface area contributed by atoms with E-state index < -0.39 is 0 Å². The van der Waals surface area contributed by atoms with Gasteiger partial charge in [0.1, 0.15) is 0 Å². The molecule has 0 unspecified atom stereocenters. The molecule has 4 heteroatoms. The van der Waals surface area contributed by atoms with Gasteiger partial charge in [0, 0.05) is 49.6 Å². The van der Waals surface area contributed by atoms with Crippen LogP contribution in [0.25, 0.3) is 77.9 Å². The summed E-state index contributed by atoms with van der Waals surface area (Å²) in [6, 6.07) is 65.2. The molecule has 9 rings (SSSR count). The zero-order chi connectivity index (χ0) is 36.7. The predicted molar refractivity (Wildman–Crippen MR) is 224 cm³/mol. The molecule has 3 nitrogen and oxygen atoms in total. The van der Waals surface area contributed by atoms with Crippen LogP contribution < -0.4 is 0 Å². The zero-order valence-corrected chi connectivity index (χ0v) is 33.0. The molecule has 1 radical (unpaired) electrons. The van der Waals surface area contributed by atoms with E-state index in [1.54, 1.807) is 0 Å². The van der Waals surface area contributed by atoms with E-state index in [-0.39, 0.29) is 20.1 Å². The van der Waals surface area contributed by atoms with Gasteiger partial charge in [-0.15, -0.1) is 71.3 Å². The summed E-state index contributed by atoms with van der Waals surface area (Å²) in [7, 11) is 0. The van der Waals surface area contributed by atoms with Gasteiger partial charge in [0.15, 0.2) is 0 Å². The van der Waals surface area contributed by atoms with Gasteiger partial charge in [-0.05, 0) is 76.8 Å². The van der Waals surface area contributed by atoms with Crippen molar-refractivity contribution in [1.82, 2.24) is 15.0 Å². The molecule has 0 saturated carbocycles. The summed E-state index contributed by atoms with van der Waals surface area (Å²) in [5.74, 6) is 0. The van der Waals surface area contributed by atoms with Crippen molar-refractivity contribution >= 4 is 10.9 Å². The molecule has 0 saturated heterocycles. The Hall–Kier alpha value is -6.32. The van der Waals surface area contributed by atoms with Crippen LogP contribution in [0.1, 0.15) is 11.1 Å². The van der Waals surface area contributed by atoms with Gasteiger partial charge >= 0.3 is 0 Å². The Bertz CT molecular complexity index is 2660. The summed E-state index contributed by atoms with van der Waals surface area (Å²) in [6.45, 7) is 4.21. The van der Waals surface area contributed by atoms with Crippen molar-refractivity contribution in [2.45, 2.75) is 13.8 Å². The Kier molecular flexibility index (Phi) is 11.6. The number of benzene rings is 6. The molecule has 0 aliphatic carbocycles. The number of hydrogen-bond donors (Lipinski definition) is 0. The first kappa shape index (κ1) is 37.0. The Labute approximate surface area is 336 Å². The van der Waals surface area contributed by atoms with Crippen LogP contribution in [-0.2, 0) is 20.1 Å². The Morgan fingerprint density at radius 2 is 1.02 bits per heavy atom. The number of hydrogen-bond acceptors (Lipinski definition) is 3. The van der Waals surface area contributed by atoms with Crippen molar-refractivity contribution in [1.29, 1.82) is 0 Å². The SMILES string of the molecule is Cc1ccc(-c2ccc(-c3cc[c-]c(-c4ccccn4)c3)c3c(-c4ccccc4)ccnc23)c(-c2ccccc2)c1.Cc1ccnc(-c2[c-]cccc2)c1.[Ir]. The molecule has 0 fully saturated rings. The summed E-state index contributed by atoms with van der Waals surface area (Å²) in [4.78, 5) is 13.9. The number of aromatic nitrogens is 3. The van der Waals surface area contributed by atoms with Gasteiger partial charge in [-0.3, -0.25) is 4.98 Å². The quantitative estimate of drug-likeness (QED) is 0.156. The van der Waals surface area contributed by atoms with Crippen LogP contribution in [0, 0.1) is 26.0 Å². The van der Waals surface area contributed by atoms with E-state index in [9.17, 15) is 0 Å². The van der Waals surface area contributed by atoms with E-state index in [1.165, 1.54) is 27.8 Å². The second-order valence-corrected chi connectivity index (χ2v) is 13.2. The maximum Gasteiger partial charge on any atom is 0.0792 e. The molecule has 3 aromatic heterocycles. The van der Waals surface area contributed by atoms with Crippen LogP contribution in [0.4, 0.5) is 0 Å². The van der Waals surface area contributed by atoms with E-state index in [1.807, 2.05) is 73.2 Å². The first-order valence-corrected chi connectivity index (χ1v) is 18.1. The molecule has 3 heterocycles. The van der Waals surface area contributed by atoms with Crippen molar-refractivity contribution in [3.63, 3.8) is 0 Å². The van der Waals surface area contributed by atoms with Crippen LogP contribution in [-0.4, -0.2) is 15.0 Å². The third kappa shape index (κ3) is 8.27. The van der Waals surface area contributed by atoms with E-state index in [0.29, 0.717) is 0 Å². The maximum atomic E-state index is 5.05. The van der Waals surface area contributed by atoms with E-state index in [0.717, 1.165) is 61.2 Å². The van der Waals surface area contributed by atoms with Crippen molar-refractivity contribution in [3.8, 4) is 67.0 Å². The minimum Gasteiger partial charge on any atom is -0.305 e. The average molecular weight is 884 g/mol. The Morgan fingerprint density at radius 1 is 0.382 bits per heavy atom. The fourth-order valence-electron chi connectivity index (χ4n) is 6.87. The minimum absolute atomic E-state index is 0.